The molecule has 7 heteroatoms. The van der Waals surface area contributed by atoms with Crippen molar-refractivity contribution in [3.8, 4) is 0 Å². The molecule has 162 valence electrons. The van der Waals surface area contributed by atoms with Crippen molar-refractivity contribution in [2.45, 2.75) is 31.8 Å². The fourth-order valence-corrected chi connectivity index (χ4v) is 5.27. The van der Waals surface area contributed by atoms with E-state index in [0.717, 1.165) is 41.2 Å². The SMILES string of the molecule is Cc1ccc(C(NC(=O)CN2CCC(NC(=O)c3cccs3)CC2)c2cccs2)cc1. The van der Waals surface area contributed by atoms with Crippen LogP contribution < -0.4 is 10.6 Å². The van der Waals surface area contributed by atoms with Gasteiger partial charge in [-0.05, 0) is 48.2 Å². The number of likely N-dealkylation sites (tertiary alicyclic amines) is 1. The highest BCUT2D eigenvalue weighted by atomic mass is 32.1. The van der Waals surface area contributed by atoms with Crippen LogP contribution in [-0.2, 0) is 4.79 Å². The molecule has 31 heavy (non-hydrogen) atoms. The van der Waals surface area contributed by atoms with Gasteiger partial charge in [0.25, 0.3) is 5.91 Å². The summed E-state index contributed by atoms with van der Waals surface area (Å²) >= 11 is 3.11. The van der Waals surface area contributed by atoms with Gasteiger partial charge in [0, 0.05) is 24.0 Å². The molecule has 2 N–H and O–H groups in total. The number of thiophene rings is 2. The highest BCUT2D eigenvalue weighted by Gasteiger charge is 2.24. The van der Waals surface area contributed by atoms with Crippen molar-refractivity contribution in [2.75, 3.05) is 19.6 Å². The molecule has 4 rings (SSSR count). The molecule has 3 heterocycles. The lowest BCUT2D eigenvalue weighted by molar-refractivity contribution is -0.123. The fourth-order valence-electron chi connectivity index (χ4n) is 3.84. The van der Waals surface area contributed by atoms with E-state index in [0.29, 0.717) is 6.54 Å². The molecule has 2 amide bonds. The summed E-state index contributed by atoms with van der Waals surface area (Å²) in [4.78, 5) is 29.2. The molecule has 1 saturated heterocycles. The van der Waals surface area contributed by atoms with E-state index in [1.807, 2.05) is 29.0 Å². The van der Waals surface area contributed by atoms with E-state index in [2.05, 4.69) is 52.8 Å². The number of carbonyl (C=O) groups excluding carboxylic acids is 2. The third-order valence-electron chi connectivity index (χ3n) is 5.58. The van der Waals surface area contributed by atoms with Crippen LogP contribution in [0.3, 0.4) is 0 Å². The quantitative estimate of drug-likeness (QED) is 0.563. The lowest BCUT2D eigenvalue weighted by Gasteiger charge is -2.32. The Bertz CT molecular complexity index is 977. The number of hydrogen-bond acceptors (Lipinski definition) is 5. The number of amides is 2. The Morgan fingerprint density at radius 3 is 2.39 bits per heavy atom. The van der Waals surface area contributed by atoms with Crippen LogP contribution in [-0.4, -0.2) is 42.4 Å². The molecule has 1 aromatic carbocycles. The topological polar surface area (TPSA) is 61.4 Å². The van der Waals surface area contributed by atoms with Gasteiger partial charge in [-0.1, -0.05) is 42.0 Å². The Kier molecular flexibility index (Phi) is 7.17. The molecule has 0 saturated carbocycles. The zero-order valence-electron chi connectivity index (χ0n) is 17.5. The smallest absolute Gasteiger partial charge is 0.261 e. The van der Waals surface area contributed by atoms with Crippen molar-refractivity contribution in [3.63, 3.8) is 0 Å². The number of aryl methyl sites for hydroxylation is 1. The van der Waals surface area contributed by atoms with Gasteiger partial charge in [-0.15, -0.1) is 22.7 Å². The van der Waals surface area contributed by atoms with E-state index in [-0.39, 0.29) is 23.9 Å². The zero-order valence-corrected chi connectivity index (χ0v) is 19.2. The molecule has 1 fully saturated rings. The second-order valence-corrected chi connectivity index (χ2v) is 9.85. The van der Waals surface area contributed by atoms with E-state index in [1.54, 1.807) is 11.3 Å². The van der Waals surface area contributed by atoms with E-state index < -0.39 is 0 Å². The number of piperidine rings is 1. The van der Waals surface area contributed by atoms with Crippen LogP contribution in [0, 0.1) is 6.92 Å². The highest BCUT2D eigenvalue weighted by molar-refractivity contribution is 7.12. The summed E-state index contributed by atoms with van der Waals surface area (Å²) in [6, 6.07) is 16.2. The first-order chi connectivity index (χ1) is 15.1. The van der Waals surface area contributed by atoms with E-state index >= 15 is 0 Å². The molecule has 0 aliphatic carbocycles. The minimum atomic E-state index is -0.129. The summed E-state index contributed by atoms with van der Waals surface area (Å²) in [6.07, 6.45) is 1.72. The number of nitrogens with zero attached hydrogens (tertiary/aromatic N) is 1. The van der Waals surface area contributed by atoms with Crippen molar-refractivity contribution in [1.29, 1.82) is 0 Å². The molecular formula is C24H27N3O2S2. The molecule has 0 radical (unpaired) electrons. The second-order valence-electron chi connectivity index (χ2n) is 7.93. The van der Waals surface area contributed by atoms with Crippen molar-refractivity contribution in [2.24, 2.45) is 0 Å². The van der Waals surface area contributed by atoms with Gasteiger partial charge in [0.2, 0.25) is 5.91 Å². The van der Waals surface area contributed by atoms with Crippen molar-refractivity contribution in [1.82, 2.24) is 15.5 Å². The van der Waals surface area contributed by atoms with Crippen LogP contribution in [0.1, 0.15) is 44.6 Å². The Morgan fingerprint density at radius 2 is 1.74 bits per heavy atom. The van der Waals surface area contributed by atoms with Gasteiger partial charge in [-0.3, -0.25) is 14.5 Å². The summed E-state index contributed by atoms with van der Waals surface area (Å²) in [7, 11) is 0. The summed E-state index contributed by atoms with van der Waals surface area (Å²) in [5, 5.41) is 10.3. The number of benzene rings is 1. The van der Waals surface area contributed by atoms with E-state index in [4.69, 9.17) is 0 Å². The normalized spacial score (nSPS) is 16.0. The lowest BCUT2D eigenvalue weighted by atomic mass is 10.0. The molecule has 1 unspecified atom stereocenters. The van der Waals surface area contributed by atoms with Crippen LogP contribution in [0.5, 0.6) is 0 Å². The van der Waals surface area contributed by atoms with Gasteiger partial charge in [-0.2, -0.15) is 0 Å². The van der Waals surface area contributed by atoms with Crippen LogP contribution in [0.4, 0.5) is 0 Å². The molecule has 2 aromatic heterocycles. The number of rotatable bonds is 7. The van der Waals surface area contributed by atoms with Crippen LogP contribution in [0.2, 0.25) is 0 Å². The maximum atomic E-state index is 12.9. The first-order valence-electron chi connectivity index (χ1n) is 10.5. The Hall–Kier alpha value is -2.48. The maximum absolute atomic E-state index is 12.9. The minimum absolute atomic E-state index is 0.00285. The van der Waals surface area contributed by atoms with Crippen LogP contribution in [0.15, 0.2) is 59.3 Å². The first kappa shape index (κ1) is 21.7. The predicted octanol–water partition coefficient (Wildman–Crippen LogP) is 4.22. The predicted molar refractivity (Wildman–Crippen MR) is 127 cm³/mol. The van der Waals surface area contributed by atoms with Crippen molar-refractivity contribution >= 4 is 34.5 Å². The average molecular weight is 454 g/mol. The molecule has 0 spiro atoms. The number of carbonyl (C=O) groups is 2. The monoisotopic (exact) mass is 453 g/mol. The molecule has 3 aromatic rings. The minimum Gasteiger partial charge on any atom is -0.349 e. The molecule has 1 aliphatic rings. The standard InChI is InChI=1S/C24H27N3O2S2/c1-17-6-8-18(9-7-17)23(20-4-2-14-30-20)26-22(28)16-27-12-10-19(11-13-27)25-24(29)21-5-3-15-31-21/h2-9,14-15,19,23H,10-13,16H2,1H3,(H,25,29)(H,26,28). The van der Waals surface area contributed by atoms with E-state index in [1.165, 1.54) is 16.9 Å². The summed E-state index contributed by atoms with van der Waals surface area (Å²) in [5.41, 5.74) is 2.30. The first-order valence-corrected chi connectivity index (χ1v) is 12.3. The average Bonchev–Trinajstić information content (AvgIpc) is 3.49. The summed E-state index contributed by atoms with van der Waals surface area (Å²) in [5.74, 6) is 0.0307. The summed E-state index contributed by atoms with van der Waals surface area (Å²) in [6.45, 7) is 4.04. The maximum Gasteiger partial charge on any atom is 0.261 e. The van der Waals surface area contributed by atoms with Crippen molar-refractivity contribution in [3.05, 3.63) is 80.2 Å². The van der Waals surface area contributed by atoms with Gasteiger partial charge < -0.3 is 10.6 Å². The third-order valence-corrected chi connectivity index (χ3v) is 7.38. The summed E-state index contributed by atoms with van der Waals surface area (Å²) < 4.78 is 0. The van der Waals surface area contributed by atoms with Gasteiger partial charge in [0.15, 0.2) is 0 Å². The largest absolute Gasteiger partial charge is 0.349 e. The van der Waals surface area contributed by atoms with Gasteiger partial charge in [0.05, 0.1) is 17.5 Å². The Morgan fingerprint density at radius 1 is 1.03 bits per heavy atom. The van der Waals surface area contributed by atoms with E-state index in [9.17, 15) is 9.59 Å². The van der Waals surface area contributed by atoms with Gasteiger partial charge in [0.1, 0.15) is 0 Å². The van der Waals surface area contributed by atoms with Crippen molar-refractivity contribution < 1.29 is 9.59 Å². The van der Waals surface area contributed by atoms with Gasteiger partial charge in [-0.25, -0.2) is 0 Å². The second kappa shape index (κ2) is 10.2. The lowest BCUT2D eigenvalue weighted by Crippen LogP contribution is -2.47. The molecule has 1 atom stereocenters. The molecular weight excluding hydrogens is 426 g/mol. The van der Waals surface area contributed by atoms with Crippen LogP contribution >= 0.6 is 22.7 Å². The van der Waals surface area contributed by atoms with Gasteiger partial charge >= 0.3 is 0 Å². The molecule has 0 bridgehead atoms. The van der Waals surface area contributed by atoms with Crippen LogP contribution in [0.25, 0.3) is 0 Å². The Balaban J connectivity index is 1.30. The fraction of sp³-hybridized carbons (Fsp3) is 0.333. The molecule has 1 aliphatic heterocycles. The molecule has 5 nitrogen and oxygen atoms in total. The zero-order chi connectivity index (χ0) is 21.6. The Labute approximate surface area is 191 Å². The number of nitrogens with one attached hydrogen (secondary N) is 2. The third kappa shape index (κ3) is 5.81. The number of hydrogen-bond donors (Lipinski definition) is 2. The highest BCUT2D eigenvalue weighted by Crippen LogP contribution is 2.26.